The van der Waals surface area contributed by atoms with Crippen molar-refractivity contribution in [2.24, 2.45) is 0 Å². The number of aromatic nitrogens is 2. The molecule has 3 rings (SSSR count). The summed E-state index contributed by atoms with van der Waals surface area (Å²) in [6, 6.07) is 4.16. The highest BCUT2D eigenvalue weighted by molar-refractivity contribution is 7.99. The first-order valence-corrected chi connectivity index (χ1v) is 10.8. The lowest BCUT2D eigenvalue weighted by atomic mass is 10.1. The number of benzene rings is 1. The highest BCUT2D eigenvalue weighted by atomic mass is 32.2. The Kier molecular flexibility index (Phi) is 9.18. The number of halogens is 2. The van der Waals surface area contributed by atoms with Crippen LogP contribution in [0.25, 0.3) is 0 Å². The van der Waals surface area contributed by atoms with Crippen LogP contribution in [0.5, 0.6) is 0 Å². The maximum Gasteiger partial charge on any atom is 0.191 e. The summed E-state index contributed by atoms with van der Waals surface area (Å²) in [6.07, 6.45) is 8.33. The molecule has 29 heavy (non-hydrogen) atoms. The minimum atomic E-state index is -0.755. The molecule has 1 aliphatic carbocycles. The van der Waals surface area contributed by atoms with Crippen LogP contribution in [0.1, 0.15) is 51.0 Å². The number of nitrogens with one attached hydrogen (secondary N) is 1. The zero-order chi connectivity index (χ0) is 21.2. The van der Waals surface area contributed by atoms with Crippen LogP contribution in [0.15, 0.2) is 35.5 Å². The third-order valence-corrected chi connectivity index (χ3v) is 5.27. The lowest BCUT2D eigenvalue weighted by Gasteiger charge is -2.10. The molecule has 0 unspecified atom stereocenters. The van der Waals surface area contributed by atoms with E-state index in [2.05, 4.69) is 28.3 Å². The molecule has 2 aromatic rings. The van der Waals surface area contributed by atoms with Crippen molar-refractivity contribution in [3.63, 3.8) is 0 Å². The molecular formula is C21H29F2N5S. The van der Waals surface area contributed by atoms with E-state index in [0.29, 0.717) is 28.4 Å². The van der Waals surface area contributed by atoms with Crippen LogP contribution in [-0.4, -0.2) is 22.3 Å². The quantitative estimate of drug-likeness (QED) is 0.230. The van der Waals surface area contributed by atoms with Crippen LogP contribution in [0.3, 0.4) is 0 Å². The summed E-state index contributed by atoms with van der Waals surface area (Å²) >= 11 is 1.59. The lowest BCUT2D eigenvalue weighted by molar-refractivity contribution is 0.507. The Hall–Kier alpha value is -2.35. The smallest absolute Gasteiger partial charge is 0.191 e. The summed E-state index contributed by atoms with van der Waals surface area (Å²) in [5.41, 5.74) is 13.0. The molecule has 0 saturated heterocycles. The number of nitrogens with zero attached hydrogens (tertiary/aromatic N) is 2. The molecule has 1 aromatic heterocycles. The summed E-state index contributed by atoms with van der Waals surface area (Å²) in [4.78, 5) is 8.55. The van der Waals surface area contributed by atoms with E-state index in [-0.39, 0.29) is 0 Å². The van der Waals surface area contributed by atoms with Crippen LogP contribution in [0, 0.1) is 11.6 Å². The number of hydrogen-bond donors (Lipinski definition) is 3. The molecule has 1 fully saturated rings. The van der Waals surface area contributed by atoms with Gasteiger partial charge in [-0.25, -0.2) is 18.7 Å². The number of thioether (sulfide) groups is 1. The van der Waals surface area contributed by atoms with Gasteiger partial charge in [0.15, 0.2) is 28.4 Å². The Morgan fingerprint density at radius 3 is 2.59 bits per heavy atom. The van der Waals surface area contributed by atoms with E-state index in [4.69, 9.17) is 11.5 Å². The molecule has 0 spiro atoms. The van der Waals surface area contributed by atoms with Gasteiger partial charge in [-0.15, -0.1) is 0 Å². The molecule has 0 atom stereocenters. The first-order chi connectivity index (χ1) is 14.0. The standard InChI is InChI=1S/C12H21N5S.C9H8F2/c1-3-5-6-7-15-11-9(13)10(14)16-12(17-11)18-8-4-2;10-8-4-3-7(5-9(8)11)6-1-2-6/h3,5H,4,6-8,13H2,1-2H3,(H3,14,15,16,17);3-6H,1-2H2/b5-3-;. The summed E-state index contributed by atoms with van der Waals surface area (Å²) in [5.74, 6) is 0.957. The lowest BCUT2D eigenvalue weighted by Crippen LogP contribution is -2.10. The molecule has 1 saturated carbocycles. The van der Waals surface area contributed by atoms with E-state index >= 15 is 0 Å². The van der Waals surface area contributed by atoms with E-state index < -0.39 is 11.6 Å². The second kappa shape index (κ2) is 11.6. The van der Waals surface area contributed by atoms with Crippen molar-refractivity contribution in [1.82, 2.24) is 9.97 Å². The molecule has 8 heteroatoms. The SMILES string of the molecule is C/C=C\CCNc1nc(SCCC)nc(N)c1N.Fc1ccc(C2CC2)cc1F. The predicted octanol–water partition coefficient (Wildman–Crippen LogP) is 5.36. The fourth-order valence-corrected chi connectivity index (χ4v) is 3.19. The molecule has 0 aliphatic heterocycles. The summed E-state index contributed by atoms with van der Waals surface area (Å²) in [7, 11) is 0. The fraction of sp³-hybridized carbons (Fsp3) is 0.429. The average Bonchev–Trinajstić information content (AvgIpc) is 3.55. The predicted molar refractivity (Wildman–Crippen MR) is 118 cm³/mol. The normalized spacial score (nSPS) is 13.2. The Morgan fingerprint density at radius 2 is 1.97 bits per heavy atom. The summed E-state index contributed by atoms with van der Waals surface area (Å²) < 4.78 is 25.0. The molecule has 0 bridgehead atoms. The van der Waals surface area contributed by atoms with Gasteiger partial charge in [-0.2, -0.15) is 0 Å². The van der Waals surface area contributed by atoms with Gasteiger partial charge in [-0.1, -0.05) is 36.9 Å². The van der Waals surface area contributed by atoms with Crippen molar-refractivity contribution in [2.45, 2.75) is 50.6 Å². The highest BCUT2D eigenvalue weighted by Gasteiger charge is 2.24. The van der Waals surface area contributed by atoms with Crippen molar-refractivity contribution in [3.05, 3.63) is 47.5 Å². The van der Waals surface area contributed by atoms with Gasteiger partial charge in [0.05, 0.1) is 0 Å². The van der Waals surface area contributed by atoms with Gasteiger partial charge in [0.1, 0.15) is 5.69 Å². The topological polar surface area (TPSA) is 89.8 Å². The number of allylic oxidation sites excluding steroid dienone is 1. The Balaban J connectivity index is 0.000000230. The third kappa shape index (κ3) is 7.53. The van der Waals surface area contributed by atoms with Crippen molar-refractivity contribution in [1.29, 1.82) is 0 Å². The van der Waals surface area contributed by atoms with Crippen LogP contribution < -0.4 is 16.8 Å². The van der Waals surface area contributed by atoms with Crippen molar-refractivity contribution >= 4 is 29.1 Å². The third-order valence-electron chi connectivity index (χ3n) is 4.22. The maximum absolute atomic E-state index is 12.6. The first-order valence-electron chi connectivity index (χ1n) is 9.82. The van der Waals surface area contributed by atoms with E-state index in [1.54, 1.807) is 17.8 Å². The number of nitrogen functional groups attached to an aromatic ring is 2. The Bertz CT molecular complexity index is 825. The molecule has 1 aliphatic rings. The van der Waals surface area contributed by atoms with Crippen molar-refractivity contribution in [2.75, 3.05) is 29.1 Å². The van der Waals surface area contributed by atoms with E-state index in [9.17, 15) is 8.78 Å². The second-order valence-corrected chi connectivity index (χ2v) is 7.80. The number of rotatable bonds is 8. The zero-order valence-electron chi connectivity index (χ0n) is 16.9. The first kappa shape index (κ1) is 22.9. The van der Waals surface area contributed by atoms with Crippen molar-refractivity contribution in [3.8, 4) is 0 Å². The van der Waals surface area contributed by atoms with E-state index in [0.717, 1.165) is 43.5 Å². The van der Waals surface area contributed by atoms with Crippen LogP contribution in [0.4, 0.5) is 26.1 Å². The maximum atomic E-state index is 12.6. The molecule has 5 nitrogen and oxygen atoms in total. The minimum absolute atomic E-state index is 0.345. The number of hydrogen-bond acceptors (Lipinski definition) is 6. The van der Waals surface area contributed by atoms with E-state index in [1.807, 2.05) is 13.0 Å². The Morgan fingerprint density at radius 1 is 1.21 bits per heavy atom. The summed E-state index contributed by atoms with van der Waals surface area (Å²) in [6.45, 7) is 4.89. The van der Waals surface area contributed by atoms with E-state index in [1.165, 1.54) is 12.1 Å². The molecular weight excluding hydrogens is 392 g/mol. The molecule has 0 radical (unpaired) electrons. The van der Waals surface area contributed by atoms with Crippen LogP contribution in [0.2, 0.25) is 0 Å². The summed E-state index contributed by atoms with van der Waals surface area (Å²) in [5, 5.41) is 3.86. The van der Waals surface area contributed by atoms with Crippen LogP contribution in [-0.2, 0) is 0 Å². The molecule has 5 N–H and O–H groups in total. The van der Waals surface area contributed by atoms with Gasteiger partial charge in [0, 0.05) is 12.3 Å². The number of anilines is 3. The molecule has 1 heterocycles. The van der Waals surface area contributed by atoms with Gasteiger partial charge in [-0.05, 0) is 56.2 Å². The van der Waals surface area contributed by atoms with Gasteiger partial charge in [-0.3, -0.25) is 0 Å². The molecule has 1 aromatic carbocycles. The second-order valence-electron chi connectivity index (χ2n) is 6.73. The largest absolute Gasteiger partial charge is 0.393 e. The monoisotopic (exact) mass is 421 g/mol. The minimum Gasteiger partial charge on any atom is -0.393 e. The van der Waals surface area contributed by atoms with Gasteiger partial charge in [0.25, 0.3) is 0 Å². The molecule has 0 amide bonds. The average molecular weight is 422 g/mol. The van der Waals surface area contributed by atoms with Gasteiger partial charge in [0.2, 0.25) is 0 Å². The van der Waals surface area contributed by atoms with Gasteiger partial charge < -0.3 is 16.8 Å². The van der Waals surface area contributed by atoms with Crippen LogP contribution >= 0.6 is 11.8 Å². The number of nitrogens with two attached hydrogens (primary N) is 2. The fourth-order valence-electron chi connectivity index (χ4n) is 2.48. The van der Waals surface area contributed by atoms with Gasteiger partial charge >= 0.3 is 0 Å². The highest BCUT2D eigenvalue weighted by Crippen LogP contribution is 2.40. The molecule has 158 valence electrons. The van der Waals surface area contributed by atoms with Crippen molar-refractivity contribution < 1.29 is 8.78 Å². The Labute approximate surface area is 175 Å². The zero-order valence-corrected chi connectivity index (χ0v) is 17.7.